The third-order valence-corrected chi connectivity index (χ3v) is 4.56. The summed E-state index contributed by atoms with van der Waals surface area (Å²) in [5.74, 6) is 0. The topological polar surface area (TPSA) is 61.0 Å². The van der Waals surface area contributed by atoms with Gasteiger partial charge in [0.25, 0.3) is 5.69 Å². The lowest BCUT2D eigenvalue weighted by atomic mass is 10.3. The molecule has 0 aliphatic heterocycles. The third-order valence-electron chi connectivity index (χ3n) is 3.09. The minimum Gasteiger partial charge on any atom is -0.261 e. The first-order chi connectivity index (χ1) is 11.0. The van der Waals surface area contributed by atoms with Crippen molar-refractivity contribution in [1.82, 2.24) is 9.55 Å². The molecule has 9 heteroatoms. The molecular formula is C14H8ClF2N3O2S. The van der Waals surface area contributed by atoms with Crippen LogP contribution in [0.1, 0.15) is 6.55 Å². The molecule has 0 bridgehead atoms. The number of nitro benzene ring substituents is 1. The van der Waals surface area contributed by atoms with Gasteiger partial charge in [-0.3, -0.25) is 14.7 Å². The van der Waals surface area contributed by atoms with E-state index in [1.165, 1.54) is 18.2 Å². The van der Waals surface area contributed by atoms with E-state index in [0.29, 0.717) is 15.9 Å². The van der Waals surface area contributed by atoms with Crippen LogP contribution in [0, 0.1) is 10.1 Å². The number of para-hydroxylation sites is 2. The summed E-state index contributed by atoms with van der Waals surface area (Å²) < 4.78 is 27.5. The molecule has 0 radical (unpaired) electrons. The number of alkyl halides is 2. The SMILES string of the molecule is O=[N+]([O-])c1ccc(Sc2nc3ccccc3n2C(F)F)c(Cl)c1. The minimum absolute atomic E-state index is 0.0666. The van der Waals surface area contributed by atoms with Crippen molar-refractivity contribution in [1.29, 1.82) is 0 Å². The molecular weight excluding hydrogens is 348 g/mol. The van der Waals surface area contributed by atoms with E-state index in [2.05, 4.69) is 4.98 Å². The summed E-state index contributed by atoms with van der Waals surface area (Å²) in [7, 11) is 0. The molecule has 0 saturated carbocycles. The maximum atomic E-state index is 13.4. The van der Waals surface area contributed by atoms with Gasteiger partial charge in [0.05, 0.1) is 21.0 Å². The van der Waals surface area contributed by atoms with Crippen molar-refractivity contribution in [3.05, 3.63) is 57.6 Å². The lowest BCUT2D eigenvalue weighted by molar-refractivity contribution is -0.384. The molecule has 3 rings (SSSR count). The van der Waals surface area contributed by atoms with E-state index < -0.39 is 11.5 Å². The average molecular weight is 356 g/mol. The molecule has 2 aromatic carbocycles. The molecule has 1 aromatic heterocycles. The second-order valence-electron chi connectivity index (χ2n) is 4.50. The van der Waals surface area contributed by atoms with Gasteiger partial charge in [-0.25, -0.2) is 4.98 Å². The Bertz CT molecular complexity index is 901. The van der Waals surface area contributed by atoms with Gasteiger partial charge in [-0.2, -0.15) is 8.78 Å². The molecule has 0 fully saturated rings. The summed E-state index contributed by atoms with van der Waals surface area (Å²) in [6.45, 7) is -2.76. The fourth-order valence-electron chi connectivity index (χ4n) is 2.07. The molecule has 5 nitrogen and oxygen atoms in total. The van der Waals surface area contributed by atoms with Crippen LogP contribution in [0.25, 0.3) is 11.0 Å². The zero-order valence-corrected chi connectivity index (χ0v) is 12.9. The van der Waals surface area contributed by atoms with Crippen molar-refractivity contribution in [3.8, 4) is 0 Å². The van der Waals surface area contributed by atoms with Gasteiger partial charge in [0, 0.05) is 17.0 Å². The van der Waals surface area contributed by atoms with Gasteiger partial charge < -0.3 is 0 Å². The fraction of sp³-hybridized carbons (Fsp3) is 0.0714. The summed E-state index contributed by atoms with van der Waals surface area (Å²) >= 11 is 6.94. The van der Waals surface area contributed by atoms with Crippen LogP contribution in [0.4, 0.5) is 14.5 Å². The second kappa shape index (κ2) is 6.13. The first-order valence-corrected chi connectivity index (χ1v) is 7.53. The van der Waals surface area contributed by atoms with E-state index >= 15 is 0 Å². The van der Waals surface area contributed by atoms with Crippen molar-refractivity contribution in [2.45, 2.75) is 16.6 Å². The van der Waals surface area contributed by atoms with Crippen molar-refractivity contribution < 1.29 is 13.7 Å². The largest absolute Gasteiger partial charge is 0.321 e. The van der Waals surface area contributed by atoms with Gasteiger partial charge in [-0.1, -0.05) is 23.7 Å². The zero-order chi connectivity index (χ0) is 16.6. The molecule has 0 spiro atoms. The number of non-ortho nitro benzene ring substituents is 1. The predicted molar refractivity (Wildman–Crippen MR) is 83.2 cm³/mol. The smallest absolute Gasteiger partial charge is 0.261 e. The van der Waals surface area contributed by atoms with Crippen LogP contribution < -0.4 is 0 Å². The fourth-order valence-corrected chi connectivity index (χ4v) is 3.27. The molecule has 0 aliphatic carbocycles. The Balaban J connectivity index is 2.05. The molecule has 0 amide bonds. The van der Waals surface area contributed by atoms with Crippen LogP contribution in [-0.2, 0) is 0 Å². The van der Waals surface area contributed by atoms with Crippen molar-refractivity contribution >= 4 is 40.1 Å². The van der Waals surface area contributed by atoms with Crippen LogP contribution >= 0.6 is 23.4 Å². The molecule has 0 saturated heterocycles. The van der Waals surface area contributed by atoms with Gasteiger partial charge in [0.1, 0.15) is 0 Å². The molecule has 0 N–H and O–H groups in total. The van der Waals surface area contributed by atoms with Gasteiger partial charge in [-0.05, 0) is 30.0 Å². The molecule has 0 atom stereocenters. The van der Waals surface area contributed by atoms with Crippen LogP contribution in [0.2, 0.25) is 5.02 Å². The van der Waals surface area contributed by atoms with E-state index in [9.17, 15) is 18.9 Å². The Morgan fingerprint density at radius 3 is 2.65 bits per heavy atom. The van der Waals surface area contributed by atoms with Crippen molar-refractivity contribution in [2.24, 2.45) is 0 Å². The van der Waals surface area contributed by atoms with E-state index in [0.717, 1.165) is 16.3 Å². The highest BCUT2D eigenvalue weighted by molar-refractivity contribution is 7.99. The molecule has 23 heavy (non-hydrogen) atoms. The third kappa shape index (κ3) is 2.99. The van der Waals surface area contributed by atoms with Crippen LogP contribution in [0.3, 0.4) is 0 Å². The summed E-state index contributed by atoms with van der Waals surface area (Å²) in [5.41, 5.74) is 0.582. The highest BCUT2D eigenvalue weighted by atomic mass is 35.5. The van der Waals surface area contributed by atoms with Crippen LogP contribution in [-0.4, -0.2) is 14.5 Å². The summed E-state index contributed by atoms with van der Waals surface area (Å²) in [5, 5.41) is 10.9. The first kappa shape index (κ1) is 15.7. The number of hydrogen-bond acceptors (Lipinski definition) is 4. The van der Waals surface area contributed by atoms with Gasteiger partial charge >= 0.3 is 6.55 Å². The molecule has 1 heterocycles. The van der Waals surface area contributed by atoms with Crippen molar-refractivity contribution in [3.63, 3.8) is 0 Å². The van der Waals surface area contributed by atoms with Gasteiger partial charge in [0.2, 0.25) is 0 Å². The number of rotatable bonds is 4. The summed E-state index contributed by atoms with van der Waals surface area (Å²) in [4.78, 5) is 14.7. The number of fused-ring (bicyclic) bond motifs is 1. The highest BCUT2D eigenvalue weighted by Gasteiger charge is 2.20. The summed E-state index contributed by atoms with van der Waals surface area (Å²) in [6.07, 6.45) is 0. The minimum atomic E-state index is -2.76. The number of nitro groups is 1. The van der Waals surface area contributed by atoms with Gasteiger partial charge in [-0.15, -0.1) is 0 Å². The Hall–Kier alpha value is -2.19. The first-order valence-electron chi connectivity index (χ1n) is 6.34. The number of aromatic nitrogens is 2. The zero-order valence-electron chi connectivity index (χ0n) is 11.3. The monoisotopic (exact) mass is 355 g/mol. The predicted octanol–water partition coefficient (Wildman–Crippen LogP) is 5.14. The Morgan fingerprint density at radius 1 is 1.26 bits per heavy atom. The number of halogens is 3. The highest BCUT2D eigenvalue weighted by Crippen LogP contribution is 2.37. The van der Waals surface area contributed by atoms with Crippen LogP contribution in [0.5, 0.6) is 0 Å². The maximum Gasteiger partial charge on any atom is 0.321 e. The van der Waals surface area contributed by atoms with E-state index in [4.69, 9.17) is 11.6 Å². The van der Waals surface area contributed by atoms with E-state index in [-0.39, 0.29) is 15.9 Å². The molecule has 118 valence electrons. The Kier molecular flexibility index (Phi) is 4.18. The van der Waals surface area contributed by atoms with E-state index in [1.54, 1.807) is 24.3 Å². The lowest BCUT2D eigenvalue weighted by Crippen LogP contribution is -1.99. The molecule has 0 aliphatic rings. The summed E-state index contributed by atoms with van der Waals surface area (Å²) in [6, 6.07) is 10.4. The maximum absolute atomic E-state index is 13.4. The number of nitrogens with zero attached hydrogens (tertiary/aromatic N) is 3. The average Bonchev–Trinajstić information content (AvgIpc) is 2.87. The molecule has 0 unspecified atom stereocenters. The second-order valence-corrected chi connectivity index (χ2v) is 5.92. The van der Waals surface area contributed by atoms with Crippen molar-refractivity contribution in [2.75, 3.05) is 0 Å². The van der Waals surface area contributed by atoms with Crippen LogP contribution in [0.15, 0.2) is 52.5 Å². The van der Waals surface area contributed by atoms with E-state index in [1.807, 2.05) is 0 Å². The molecule has 3 aromatic rings. The number of hydrogen-bond donors (Lipinski definition) is 0. The Morgan fingerprint density at radius 2 is 2.00 bits per heavy atom. The van der Waals surface area contributed by atoms with Gasteiger partial charge in [0.15, 0.2) is 5.16 Å². The number of imidazole rings is 1. The standard InChI is InChI=1S/C14H8ClF2N3O2S/c15-9-7-8(20(21)22)5-6-12(9)23-14-18-10-3-1-2-4-11(10)19(14)13(16)17/h1-7,13H. The quantitative estimate of drug-likeness (QED) is 0.480. The normalized spacial score (nSPS) is 11.3. The Labute approximate surface area is 138 Å². The lowest BCUT2D eigenvalue weighted by Gasteiger charge is -2.08. The number of benzene rings is 2.